The van der Waals surface area contributed by atoms with Crippen molar-refractivity contribution < 1.29 is 0 Å². The maximum Gasteiger partial charge on any atom is 0.0706 e. The largest absolute Gasteiger partial charge is 0.258 e. The Labute approximate surface area is 96.4 Å². The van der Waals surface area contributed by atoms with Crippen molar-refractivity contribution in [3.05, 3.63) is 46.9 Å². The van der Waals surface area contributed by atoms with Crippen LogP contribution in [0.4, 0.5) is 0 Å². The summed E-state index contributed by atoms with van der Waals surface area (Å²) in [5.74, 6) is 0. The lowest BCUT2D eigenvalue weighted by Gasteiger charge is -2.06. The zero-order chi connectivity index (χ0) is 11.7. The van der Waals surface area contributed by atoms with Crippen molar-refractivity contribution in [3.63, 3.8) is 0 Å². The fourth-order valence-electron chi connectivity index (χ4n) is 1.77. The molecule has 0 amide bonds. The van der Waals surface area contributed by atoms with E-state index in [1.165, 1.54) is 5.56 Å². The second-order valence-corrected chi connectivity index (χ2v) is 4.24. The molecule has 0 radical (unpaired) electrons. The maximum absolute atomic E-state index is 4.60. The molecule has 2 aromatic heterocycles. The molecule has 2 heterocycles. The molecule has 0 N–H and O–H groups in total. The Morgan fingerprint density at radius 1 is 0.812 bits per heavy atom. The highest BCUT2D eigenvalue weighted by molar-refractivity contribution is 5.60. The molecule has 0 fully saturated rings. The summed E-state index contributed by atoms with van der Waals surface area (Å²) in [6, 6.07) is 8.33. The Morgan fingerprint density at radius 3 is 2.00 bits per heavy atom. The highest BCUT2D eigenvalue weighted by Crippen LogP contribution is 2.20. The topological polar surface area (TPSA) is 25.8 Å². The van der Waals surface area contributed by atoms with E-state index < -0.39 is 0 Å². The van der Waals surface area contributed by atoms with E-state index in [4.69, 9.17) is 0 Å². The van der Waals surface area contributed by atoms with E-state index in [9.17, 15) is 0 Å². The van der Waals surface area contributed by atoms with Gasteiger partial charge in [0.2, 0.25) is 0 Å². The third-order valence-electron chi connectivity index (χ3n) is 2.73. The average molecular weight is 212 g/mol. The highest BCUT2D eigenvalue weighted by Gasteiger charge is 2.03. The Balaban J connectivity index is 2.54. The van der Waals surface area contributed by atoms with Gasteiger partial charge >= 0.3 is 0 Å². The number of pyridine rings is 2. The minimum absolute atomic E-state index is 1.02. The molecule has 0 aliphatic carbocycles. The van der Waals surface area contributed by atoms with Gasteiger partial charge in [-0.15, -0.1) is 0 Å². The molecule has 16 heavy (non-hydrogen) atoms. The van der Waals surface area contributed by atoms with Crippen molar-refractivity contribution in [2.45, 2.75) is 27.7 Å². The molecule has 0 aliphatic rings. The highest BCUT2D eigenvalue weighted by atomic mass is 14.7. The molecule has 0 aromatic carbocycles. The molecular weight excluding hydrogens is 196 g/mol. The van der Waals surface area contributed by atoms with E-state index in [0.717, 1.165) is 28.3 Å². The molecule has 0 aliphatic heterocycles. The van der Waals surface area contributed by atoms with Crippen LogP contribution in [0.3, 0.4) is 0 Å². The van der Waals surface area contributed by atoms with Crippen molar-refractivity contribution in [1.82, 2.24) is 9.97 Å². The van der Waals surface area contributed by atoms with Gasteiger partial charge in [0.05, 0.1) is 5.69 Å². The van der Waals surface area contributed by atoms with E-state index in [-0.39, 0.29) is 0 Å². The molecular formula is C14H16N2. The average Bonchev–Trinajstić information content (AvgIpc) is 2.20. The van der Waals surface area contributed by atoms with Gasteiger partial charge < -0.3 is 0 Å². The van der Waals surface area contributed by atoms with Gasteiger partial charge in [0.25, 0.3) is 0 Å². The summed E-state index contributed by atoms with van der Waals surface area (Å²) in [7, 11) is 0. The van der Waals surface area contributed by atoms with E-state index in [0.29, 0.717) is 0 Å². The SMILES string of the molecule is Cc1cc(-c2ccc(C)c(C)n2)cc(C)n1. The second-order valence-electron chi connectivity index (χ2n) is 4.24. The Kier molecular flexibility index (Phi) is 2.73. The quantitative estimate of drug-likeness (QED) is 0.724. The summed E-state index contributed by atoms with van der Waals surface area (Å²) in [6.07, 6.45) is 0. The van der Waals surface area contributed by atoms with Gasteiger partial charge in [-0.3, -0.25) is 9.97 Å². The third kappa shape index (κ3) is 2.11. The lowest BCUT2D eigenvalue weighted by Crippen LogP contribution is -1.93. The van der Waals surface area contributed by atoms with Crippen molar-refractivity contribution in [2.24, 2.45) is 0 Å². The standard InChI is InChI=1S/C14H16N2/c1-9-5-6-14(16-12(9)4)13-7-10(2)15-11(3)8-13/h5-8H,1-4H3. The second kappa shape index (κ2) is 4.05. The fourth-order valence-corrected chi connectivity index (χ4v) is 1.77. The Hall–Kier alpha value is -1.70. The molecule has 2 heteroatoms. The van der Waals surface area contributed by atoms with E-state index in [1.807, 2.05) is 20.8 Å². The molecule has 0 saturated carbocycles. The van der Waals surface area contributed by atoms with E-state index in [2.05, 4.69) is 41.2 Å². The normalized spacial score (nSPS) is 10.5. The van der Waals surface area contributed by atoms with Gasteiger partial charge in [0, 0.05) is 22.6 Å². The van der Waals surface area contributed by atoms with E-state index >= 15 is 0 Å². The molecule has 0 spiro atoms. The van der Waals surface area contributed by atoms with Gasteiger partial charge in [-0.1, -0.05) is 6.07 Å². The number of nitrogens with zero attached hydrogens (tertiary/aromatic N) is 2. The predicted molar refractivity (Wildman–Crippen MR) is 66.4 cm³/mol. The first-order valence-corrected chi connectivity index (χ1v) is 5.46. The van der Waals surface area contributed by atoms with Crippen LogP contribution < -0.4 is 0 Å². The van der Waals surface area contributed by atoms with E-state index in [1.54, 1.807) is 0 Å². The maximum atomic E-state index is 4.60. The molecule has 0 saturated heterocycles. The summed E-state index contributed by atoms with van der Waals surface area (Å²) < 4.78 is 0. The van der Waals surface area contributed by atoms with Crippen LogP contribution in [0.15, 0.2) is 24.3 Å². The Morgan fingerprint density at radius 2 is 1.44 bits per heavy atom. The monoisotopic (exact) mass is 212 g/mol. The lowest BCUT2D eigenvalue weighted by atomic mass is 10.1. The molecule has 82 valence electrons. The summed E-state index contributed by atoms with van der Waals surface area (Å²) in [5.41, 5.74) is 6.56. The smallest absolute Gasteiger partial charge is 0.0706 e. The zero-order valence-corrected chi connectivity index (χ0v) is 10.2. The number of aryl methyl sites for hydroxylation is 4. The Bertz CT molecular complexity index is 510. The first-order valence-electron chi connectivity index (χ1n) is 5.46. The summed E-state index contributed by atoms with van der Waals surface area (Å²) in [5, 5.41) is 0. The van der Waals surface area contributed by atoms with Crippen LogP contribution in [0.2, 0.25) is 0 Å². The summed E-state index contributed by atoms with van der Waals surface area (Å²) >= 11 is 0. The molecule has 0 unspecified atom stereocenters. The fraction of sp³-hybridized carbons (Fsp3) is 0.286. The third-order valence-corrected chi connectivity index (χ3v) is 2.73. The predicted octanol–water partition coefficient (Wildman–Crippen LogP) is 3.38. The van der Waals surface area contributed by atoms with Gasteiger partial charge in [0.1, 0.15) is 0 Å². The molecule has 2 nitrogen and oxygen atoms in total. The van der Waals surface area contributed by atoms with Crippen LogP contribution in [0.25, 0.3) is 11.3 Å². The van der Waals surface area contributed by atoms with Crippen LogP contribution in [-0.2, 0) is 0 Å². The van der Waals surface area contributed by atoms with Gasteiger partial charge in [-0.2, -0.15) is 0 Å². The minimum atomic E-state index is 1.02. The molecule has 0 bridgehead atoms. The first kappa shape index (κ1) is 10.8. The van der Waals surface area contributed by atoms with Gasteiger partial charge in [-0.25, -0.2) is 0 Å². The molecule has 2 aromatic rings. The zero-order valence-electron chi connectivity index (χ0n) is 10.2. The number of hydrogen-bond acceptors (Lipinski definition) is 2. The lowest BCUT2D eigenvalue weighted by molar-refractivity contribution is 1.11. The number of aromatic nitrogens is 2. The first-order chi connectivity index (χ1) is 7.56. The van der Waals surface area contributed by atoms with Crippen molar-refractivity contribution in [3.8, 4) is 11.3 Å². The molecule has 2 rings (SSSR count). The molecule has 0 atom stereocenters. The van der Waals surface area contributed by atoms with Crippen molar-refractivity contribution >= 4 is 0 Å². The van der Waals surface area contributed by atoms with Crippen LogP contribution in [0, 0.1) is 27.7 Å². The van der Waals surface area contributed by atoms with Crippen molar-refractivity contribution in [1.29, 1.82) is 0 Å². The van der Waals surface area contributed by atoms with Crippen LogP contribution in [0.1, 0.15) is 22.6 Å². The summed E-state index contributed by atoms with van der Waals surface area (Å²) in [4.78, 5) is 8.97. The van der Waals surface area contributed by atoms with Crippen molar-refractivity contribution in [2.75, 3.05) is 0 Å². The minimum Gasteiger partial charge on any atom is -0.258 e. The van der Waals surface area contributed by atoms with Crippen LogP contribution >= 0.6 is 0 Å². The summed E-state index contributed by atoms with van der Waals surface area (Å²) in [6.45, 7) is 8.14. The number of hydrogen-bond donors (Lipinski definition) is 0. The van der Waals surface area contributed by atoms with Crippen LogP contribution in [-0.4, -0.2) is 9.97 Å². The van der Waals surface area contributed by atoms with Gasteiger partial charge in [-0.05, 0) is 51.5 Å². The van der Waals surface area contributed by atoms with Crippen LogP contribution in [0.5, 0.6) is 0 Å². The van der Waals surface area contributed by atoms with Gasteiger partial charge in [0.15, 0.2) is 0 Å². The number of rotatable bonds is 1.